The van der Waals surface area contributed by atoms with Crippen molar-refractivity contribution in [2.75, 3.05) is 20.3 Å². The van der Waals surface area contributed by atoms with Gasteiger partial charge in [-0.2, -0.15) is 0 Å². The third-order valence-electron chi connectivity index (χ3n) is 10.6. The van der Waals surface area contributed by atoms with Gasteiger partial charge < -0.3 is 23.1 Å². The van der Waals surface area contributed by atoms with E-state index in [9.17, 15) is 4.79 Å². The van der Waals surface area contributed by atoms with E-state index in [0.717, 1.165) is 42.6 Å². The van der Waals surface area contributed by atoms with E-state index in [1.165, 1.54) is 0 Å². The molecule has 0 aliphatic rings. The van der Waals surface area contributed by atoms with Crippen molar-refractivity contribution in [1.29, 1.82) is 0 Å². The van der Waals surface area contributed by atoms with Gasteiger partial charge in [0, 0.05) is 45.0 Å². The van der Waals surface area contributed by atoms with Crippen molar-refractivity contribution in [1.82, 2.24) is 0 Å². The molecule has 0 saturated carbocycles. The summed E-state index contributed by atoms with van der Waals surface area (Å²) < 4.78 is 31.0. The van der Waals surface area contributed by atoms with Crippen molar-refractivity contribution < 1.29 is 27.9 Å². The Hall–Kier alpha value is -2.26. The van der Waals surface area contributed by atoms with Crippen LogP contribution in [0.15, 0.2) is 54.6 Å². The summed E-state index contributed by atoms with van der Waals surface area (Å²) in [5.74, 6) is 7.83. The largest absolute Gasteiger partial charge is 0.497 e. The van der Waals surface area contributed by atoms with E-state index in [4.69, 9.17) is 23.1 Å². The molecule has 51 heavy (non-hydrogen) atoms. The summed E-state index contributed by atoms with van der Waals surface area (Å²) >= 11 is 0. The van der Waals surface area contributed by atoms with Crippen LogP contribution in [0.25, 0.3) is 0 Å². The minimum absolute atomic E-state index is 0.0188. The maximum atomic E-state index is 13.1. The molecule has 3 atom stereocenters. The molecule has 0 N–H and O–H groups in total. The van der Waals surface area contributed by atoms with Gasteiger partial charge >= 0.3 is 0 Å². The van der Waals surface area contributed by atoms with Crippen molar-refractivity contribution in [2.24, 2.45) is 5.92 Å². The van der Waals surface area contributed by atoms with Crippen LogP contribution >= 0.6 is 0 Å². The van der Waals surface area contributed by atoms with Crippen LogP contribution in [0.5, 0.6) is 5.75 Å². The summed E-state index contributed by atoms with van der Waals surface area (Å²) in [6, 6.07) is 18.2. The van der Waals surface area contributed by atoms with Gasteiger partial charge in [-0.1, -0.05) is 90.9 Å². The number of rotatable bonds is 22. The van der Waals surface area contributed by atoms with Crippen LogP contribution in [-0.2, 0) is 36.3 Å². The number of hydrogen-bond acceptors (Lipinski definition) is 6. The molecule has 0 aliphatic carbocycles. The average Bonchev–Trinajstić information content (AvgIpc) is 3.05. The van der Waals surface area contributed by atoms with Crippen LogP contribution in [0.1, 0.15) is 105 Å². The Morgan fingerprint density at radius 2 is 1.24 bits per heavy atom. The first kappa shape index (κ1) is 44.9. The second-order valence-electron chi connectivity index (χ2n) is 17.0. The van der Waals surface area contributed by atoms with Crippen LogP contribution in [0, 0.1) is 17.8 Å². The van der Waals surface area contributed by atoms with E-state index < -0.39 is 16.6 Å². The smallest absolute Gasteiger partial charge is 0.192 e. The zero-order chi connectivity index (χ0) is 38.1. The first-order chi connectivity index (χ1) is 23.8. The Labute approximate surface area is 314 Å². The number of ether oxygens (including phenoxy) is 3. The fraction of sp³-hybridized carbons (Fsp3) is 0.651. The standard InChI is InChI=1S/C43H70O6Si2/c1-35(41(49-51(11,12)43(5,6)7)29-31-47-33-36-20-16-15-17-21-36)32-38(44)22-18-13-14-19-23-40(48-50(9,10)42(2,3)4)28-30-46-34-37-24-26-39(45-8)27-25-37/h15-17,20-21,24-27,35,40-41H,18-19,22-23,28-34H2,1-12H3/t35-,40+,41-/m1/s1. The van der Waals surface area contributed by atoms with E-state index in [1.807, 2.05) is 42.5 Å². The predicted molar refractivity (Wildman–Crippen MR) is 217 cm³/mol. The van der Waals surface area contributed by atoms with Crippen LogP contribution in [0.2, 0.25) is 36.3 Å². The second kappa shape index (κ2) is 21.4. The molecule has 0 heterocycles. The molecule has 2 aromatic rings. The van der Waals surface area contributed by atoms with Gasteiger partial charge in [-0.3, -0.25) is 4.79 Å². The van der Waals surface area contributed by atoms with E-state index in [2.05, 4.69) is 98.6 Å². The minimum atomic E-state index is -2.02. The SMILES string of the molecule is COc1ccc(COCC[C@H](CCC#CCCC(=O)C[C@@H](C)[C@@H](CCOCc2ccccc2)O[Si](C)(C)C(C)(C)C)O[Si](C)(C)C(C)(C)C)cc1. The van der Waals surface area contributed by atoms with Gasteiger partial charge in [-0.25, -0.2) is 0 Å². The third kappa shape index (κ3) is 17.0. The van der Waals surface area contributed by atoms with Gasteiger partial charge in [-0.15, -0.1) is 11.8 Å². The maximum Gasteiger partial charge on any atom is 0.192 e. The zero-order valence-corrected chi connectivity index (χ0v) is 36.2. The number of ketones is 1. The number of Topliss-reactive ketones (excluding diaryl/α,β-unsaturated/α-hetero) is 1. The van der Waals surface area contributed by atoms with Crippen molar-refractivity contribution in [2.45, 2.75) is 155 Å². The normalized spacial score (nSPS) is 14.4. The van der Waals surface area contributed by atoms with E-state index >= 15 is 0 Å². The average molecular weight is 739 g/mol. The fourth-order valence-electron chi connectivity index (χ4n) is 5.17. The molecular weight excluding hydrogens is 669 g/mol. The summed E-state index contributed by atoms with van der Waals surface area (Å²) in [5.41, 5.74) is 2.29. The zero-order valence-electron chi connectivity index (χ0n) is 34.2. The summed E-state index contributed by atoms with van der Waals surface area (Å²) in [5, 5.41) is 0.219. The number of methoxy groups -OCH3 is 1. The molecular formula is C43H70O6Si2. The lowest BCUT2D eigenvalue weighted by Gasteiger charge is -2.41. The van der Waals surface area contributed by atoms with Gasteiger partial charge in [0.15, 0.2) is 16.6 Å². The molecule has 8 heteroatoms. The highest BCUT2D eigenvalue weighted by Crippen LogP contribution is 2.39. The van der Waals surface area contributed by atoms with Crippen LogP contribution < -0.4 is 4.74 Å². The topological polar surface area (TPSA) is 63.2 Å². The molecule has 2 rings (SSSR count). The Balaban J connectivity index is 1.88. The molecule has 0 spiro atoms. The van der Waals surface area contributed by atoms with Gasteiger partial charge in [0.25, 0.3) is 0 Å². The van der Waals surface area contributed by atoms with Crippen LogP contribution in [-0.4, -0.2) is 54.9 Å². The quantitative estimate of drug-likeness (QED) is 0.0681. The molecule has 2 aromatic carbocycles. The molecule has 0 unspecified atom stereocenters. The molecule has 6 nitrogen and oxygen atoms in total. The number of hydrogen-bond donors (Lipinski definition) is 0. The van der Waals surface area contributed by atoms with Crippen LogP contribution in [0.3, 0.4) is 0 Å². The molecule has 0 bridgehead atoms. The Bertz CT molecular complexity index is 1330. The molecule has 0 saturated heterocycles. The minimum Gasteiger partial charge on any atom is -0.497 e. The summed E-state index contributed by atoms with van der Waals surface area (Å²) in [6.07, 6.45) is 4.83. The Morgan fingerprint density at radius 1 is 0.706 bits per heavy atom. The molecule has 0 fully saturated rings. The van der Waals surface area contributed by atoms with Gasteiger partial charge in [0.2, 0.25) is 0 Å². The van der Waals surface area contributed by atoms with E-state index in [0.29, 0.717) is 45.7 Å². The lowest BCUT2D eigenvalue weighted by atomic mass is 9.95. The van der Waals surface area contributed by atoms with Gasteiger partial charge in [-0.05, 0) is 84.7 Å². The monoisotopic (exact) mass is 738 g/mol. The van der Waals surface area contributed by atoms with E-state index in [1.54, 1.807) is 7.11 Å². The number of carbonyl (C=O) groups excluding carboxylic acids is 1. The Morgan fingerprint density at radius 3 is 1.80 bits per heavy atom. The highest BCUT2D eigenvalue weighted by Gasteiger charge is 2.40. The summed E-state index contributed by atoms with van der Waals surface area (Å²) in [6.45, 7) is 27.3. The highest BCUT2D eigenvalue weighted by molar-refractivity contribution is 6.74. The fourth-order valence-corrected chi connectivity index (χ4v) is 8.05. The third-order valence-corrected chi connectivity index (χ3v) is 19.7. The molecule has 0 amide bonds. The molecule has 0 aliphatic heterocycles. The van der Waals surface area contributed by atoms with Crippen molar-refractivity contribution >= 4 is 22.4 Å². The lowest BCUT2D eigenvalue weighted by molar-refractivity contribution is -0.120. The summed E-state index contributed by atoms with van der Waals surface area (Å²) in [7, 11) is -2.29. The lowest BCUT2D eigenvalue weighted by Crippen LogP contribution is -2.46. The first-order valence-corrected chi connectivity index (χ1v) is 24.8. The predicted octanol–water partition coefficient (Wildman–Crippen LogP) is 11.1. The summed E-state index contributed by atoms with van der Waals surface area (Å²) in [4.78, 5) is 13.1. The van der Waals surface area contributed by atoms with Crippen molar-refractivity contribution in [3.05, 3.63) is 65.7 Å². The molecule has 0 radical (unpaired) electrons. The van der Waals surface area contributed by atoms with Crippen molar-refractivity contribution in [3.8, 4) is 17.6 Å². The van der Waals surface area contributed by atoms with Gasteiger partial charge in [0.05, 0.1) is 26.4 Å². The highest BCUT2D eigenvalue weighted by atomic mass is 28.4. The Kier molecular flexibility index (Phi) is 18.9. The van der Waals surface area contributed by atoms with Gasteiger partial charge in [0.1, 0.15) is 11.5 Å². The van der Waals surface area contributed by atoms with Crippen LogP contribution in [0.4, 0.5) is 0 Å². The molecule has 286 valence electrons. The van der Waals surface area contributed by atoms with E-state index in [-0.39, 0.29) is 34.0 Å². The maximum absolute atomic E-state index is 13.1. The number of benzene rings is 2. The molecule has 0 aromatic heterocycles. The first-order valence-electron chi connectivity index (χ1n) is 19.0. The van der Waals surface area contributed by atoms with Crippen molar-refractivity contribution in [3.63, 3.8) is 0 Å². The number of carbonyl (C=O) groups is 1. The second-order valence-corrected chi connectivity index (χ2v) is 26.6.